The molecule has 1 aliphatic rings. The second-order valence-electron chi connectivity index (χ2n) is 8.03. The fraction of sp³-hybridized carbons (Fsp3) is 0.571. The Bertz CT molecular complexity index is 992. The summed E-state index contributed by atoms with van der Waals surface area (Å²) in [7, 11) is 0. The van der Waals surface area contributed by atoms with Gasteiger partial charge in [-0.05, 0) is 25.3 Å². The van der Waals surface area contributed by atoms with E-state index in [4.69, 9.17) is 9.47 Å². The average Bonchev–Trinajstić information content (AvgIpc) is 3.30. The van der Waals surface area contributed by atoms with E-state index in [0.717, 1.165) is 0 Å². The lowest BCUT2D eigenvalue weighted by Crippen LogP contribution is -2.46. The van der Waals surface area contributed by atoms with Gasteiger partial charge in [-0.1, -0.05) is 20.8 Å². The molecule has 1 fully saturated rings. The molecule has 2 aromatic rings. The minimum absolute atomic E-state index is 0.0892. The van der Waals surface area contributed by atoms with Gasteiger partial charge in [-0.15, -0.1) is 0 Å². The maximum Gasteiger partial charge on any atom is 0.308 e. The lowest BCUT2D eigenvalue weighted by molar-refractivity contribution is -0.160. The van der Waals surface area contributed by atoms with E-state index in [9.17, 15) is 19.8 Å². The van der Waals surface area contributed by atoms with Crippen molar-refractivity contribution < 1.29 is 29.3 Å². The molecule has 11 heteroatoms. The van der Waals surface area contributed by atoms with E-state index in [1.54, 1.807) is 26.0 Å². The normalized spacial score (nSPS) is 25.2. The Balaban J connectivity index is 2.05. The van der Waals surface area contributed by atoms with Gasteiger partial charge in [-0.3, -0.25) is 14.6 Å². The number of nitrogens with zero attached hydrogens (tertiary/aromatic N) is 4. The summed E-state index contributed by atoms with van der Waals surface area (Å²) < 4.78 is 13.0. The number of aliphatic hydroxyl groups excluding tert-OH is 2. The van der Waals surface area contributed by atoms with Crippen LogP contribution < -0.4 is 5.32 Å². The molecule has 0 aliphatic carbocycles. The number of hydrogen-bond donors (Lipinski definition) is 3. The number of anilines is 1. The van der Waals surface area contributed by atoms with Crippen LogP contribution in [-0.2, 0) is 24.7 Å². The molecular weight excluding hydrogens is 418 g/mol. The molecule has 0 saturated carbocycles. The van der Waals surface area contributed by atoms with Crippen molar-refractivity contribution in [3.63, 3.8) is 0 Å². The molecule has 0 aromatic carbocycles. The molecule has 174 valence electrons. The standard InChI is InChI=1S/C21H29N5O6/c1-5-6-16(28)25-19-13-7-8-15(26(13)24-11-23-19)21(10-22-4)18(29)17(14(9-27)32-21)31-20(30)12(2)3/h7-8,11-12,14,17-18,27,29H,4-6,9-10H2,1-3H3,(H,23,24,25,28)/t14-,17-,18-,21+/m1/s1. The van der Waals surface area contributed by atoms with Crippen molar-refractivity contribution in [1.29, 1.82) is 0 Å². The molecule has 1 aliphatic heterocycles. The minimum atomic E-state index is -1.50. The Hall–Kier alpha value is -2.89. The van der Waals surface area contributed by atoms with E-state index in [-0.39, 0.29) is 12.5 Å². The number of aliphatic hydroxyl groups is 2. The molecule has 0 bridgehead atoms. The SMILES string of the molecule is C=NC[C@@]1(c2ccc3c(NC(=O)CCC)ncnn23)O[C@H](CO)[C@@H](OC(=O)C(C)C)[C@H]1O. The Morgan fingerprint density at radius 1 is 1.44 bits per heavy atom. The third kappa shape index (κ3) is 4.23. The van der Waals surface area contributed by atoms with Gasteiger partial charge in [0.1, 0.15) is 24.1 Å². The number of nitrogens with one attached hydrogen (secondary N) is 1. The maximum atomic E-state index is 12.2. The molecule has 3 rings (SSSR count). The van der Waals surface area contributed by atoms with Crippen LogP contribution in [0.1, 0.15) is 39.3 Å². The number of amides is 1. The second-order valence-corrected chi connectivity index (χ2v) is 8.03. The number of hydrogen-bond acceptors (Lipinski definition) is 9. The highest BCUT2D eigenvalue weighted by molar-refractivity contribution is 5.93. The number of aliphatic imine (C=N–C) groups is 1. The van der Waals surface area contributed by atoms with Crippen LogP contribution in [0.5, 0.6) is 0 Å². The van der Waals surface area contributed by atoms with Gasteiger partial charge >= 0.3 is 5.97 Å². The van der Waals surface area contributed by atoms with Crippen molar-refractivity contribution in [2.75, 3.05) is 18.5 Å². The van der Waals surface area contributed by atoms with Gasteiger partial charge in [0.25, 0.3) is 0 Å². The molecule has 11 nitrogen and oxygen atoms in total. The lowest BCUT2D eigenvalue weighted by atomic mass is 9.91. The van der Waals surface area contributed by atoms with Crippen LogP contribution >= 0.6 is 0 Å². The molecule has 0 spiro atoms. The maximum absolute atomic E-state index is 12.2. The summed E-state index contributed by atoms with van der Waals surface area (Å²) in [6.45, 7) is 8.19. The molecule has 0 unspecified atom stereocenters. The number of aromatic nitrogens is 3. The molecule has 3 heterocycles. The van der Waals surface area contributed by atoms with Crippen LogP contribution in [0, 0.1) is 5.92 Å². The monoisotopic (exact) mass is 447 g/mol. The smallest absolute Gasteiger partial charge is 0.308 e. The van der Waals surface area contributed by atoms with E-state index in [0.29, 0.717) is 29.9 Å². The Morgan fingerprint density at radius 2 is 2.19 bits per heavy atom. The van der Waals surface area contributed by atoms with Gasteiger partial charge in [0, 0.05) is 6.42 Å². The highest BCUT2D eigenvalue weighted by atomic mass is 16.6. The van der Waals surface area contributed by atoms with E-state index in [2.05, 4.69) is 27.1 Å². The number of rotatable bonds is 9. The van der Waals surface area contributed by atoms with E-state index in [1.165, 1.54) is 10.8 Å². The Morgan fingerprint density at radius 3 is 2.81 bits per heavy atom. The van der Waals surface area contributed by atoms with Crippen molar-refractivity contribution in [3.05, 3.63) is 24.2 Å². The zero-order valence-corrected chi connectivity index (χ0v) is 18.4. The van der Waals surface area contributed by atoms with Crippen LogP contribution in [0.15, 0.2) is 23.5 Å². The Labute approximate surface area is 185 Å². The lowest BCUT2D eigenvalue weighted by Gasteiger charge is -2.30. The molecule has 1 saturated heterocycles. The van der Waals surface area contributed by atoms with E-state index < -0.39 is 42.4 Å². The van der Waals surface area contributed by atoms with Crippen LogP contribution in [-0.4, -0.2) is 74.9 Å². The van der Waals surface area contributed by atoms with Gasteiger partial charge in [0.15, 0.2) is 17.5 Å². The molecule has 3 N–H and O–H groups in total. The second kappa shape index (κ2) is 9.72. The molecule has 0 radical (unpaired) electrons. The molecule has 1 amide bonds. The third-order valence-corrected chi connectivity index (χ3v) is 5.39. The molecule has 32 heavy (non-hydrogen) atoms. The summed E-state index contributed by atoms with van der Waals surface area (Å²) >= 11 is 0. The molecule has 4 atom stereocenters. The summed E-state index contributed by atoms with van der Waals surface area (Å²) in [6, 6.07) is 3.34. The molecule has 2 aromatic heterocycles. The van der Waals surface area contributed by atoms with Crippen molar-refractivity contribution in [2.24, 2.45) is 10.9 Å². The summed E-state index contributed by atoms with van der Waals surface area (Å²) in [5, 5.41) is 28.1. The fourth-order valence-corrected chi connectivity index (χ4v) is 3.79. The van der Waals surface area contributed by atoms with E-state index in [1.807, 2.05) is 6.92 Å². The van der Waals surface area contributed by atoms with Gasteiger partial charge < -0.3 is 25.0 Å². The number of esters is 1. The van der Waals surface area contributed by atoms with Crippen molar-refractivity contribution >= 4 is 29.9 Å². The number of carbonyl (C=O) groups is 2. The third-order valence-electron chi connectivity index (χ3n) is 5.39. The summed E-state index contributed by atoms with van der Waals surface area (Å²) in [5.74, 6) is -0.830. The average molecular weight is 447 g/mol. The van der Waals surface area contributed by atoms with Gasteiger partial charge in [-0.2, -0.15) is 5.10 Å². The largest absolute Gasteiger partial charge is 0.456 e. The van der Waals surface area contributed by atoms with E-state index >= 15 is 0 Å². The minimum Gasteiger partial charge on any atom is -0.456 e. The fourth-order valence-electron chi connectivity index (χ4n) is 3.79. The van der Waals surface area contributed by atoms with Crippen LogP contribution in [0.3, 0.4) is 0 Å². The number of carbonyl (C=O) groups excluding carboxylic acids is 2. The van der Waals surface area contributed by atoms with Crippen molar-refractivity contribution in [1.82, 2.24) is 14.6 Å². The van der Waals surface area contributed by atoms with Crippen LogP contribution in [0.25, 0.3) is 5.52 Å². The Kier molecular flexibility index (Phi) is 7.22. The van der Waals surface area contributed by atoms with Crippen LogP contribution in [0.2, 0.25) is 0 Å². The predicted octanol–water partition coefficient (Wildman–Crippen LogP) is 0.684. The quantitative estimate of drug-likeness (QED) is 0.376. The zero-order valence-electron chi connectivity index (χ0n) is 18.4. The summed E-state index contributed by atoms with van der Waals surface area (Å²) in [4.78, 5) is 32.4. The molecular formula is C21H29N5O6. The van der Waals surface area contributed by atoms with Gasteiger partial charge in [0.2, 0.25) is 5.91 Å². The van der Waals surface area contributed by atoms with Crippen molar-refractivity contribution in [3.8, 4) is 0 Å². The van der Waals surface area contributed by atoms with Crippen LogP contribution in [0.4, 0.5) is 5.82 Å². The zero-order chi connectivity index (χ0) is 23.5. The van der Waals surface area contributed by atoms with Gasteiger partial charge in [-0.25, -0.2) is 9.50 Å². The summed E-state index contributed by atoms with van der Waals surface area (Å²) in [5.41, 5.74) is -0.626. The van der Waals surface area contributed by atoms with Gasteiger partial charge in [0.05, 0.1) is 24.8 Å². The first-order valence-corrected chi connectivity index (χ1v) is 10.5. The van der Waals surface area contributed by atoms with Crippen molar-refractivity contribution in [2.45, 2.75) is 57.5 Å². The highest BCUT2D eigenvalue weighted by Gasteiger charge is 2.58. The highest BCUT2D eigenvalue weighted by Crippen LogP contribution is 2.42. The number of fused-ring (bicyclic) bond motifs is 1. The summed E-state index contributed by atoms with van der Waals surface area (Å²) in [6.07, 6.45) is -1.16. The first-order valence-electron chi connectivity index (χ1n) is 10.5. The first-order chi connectivity index (χ1) is 15.3. The topological polar surface area (TPSA) is 148 Å². The first kappa shape index (κ1) is 23.8. The predicted molar refractivity (Wildman–Crippen MR) is 115 cm³/mol. The number of ether oxygens (including phenoxy) is 2.